The highest BCUT2D eigenvalue weighted by atomic mass is 35.6. The number of hydrogen-bond acceptors (Lipinski definition) is 2. The number of nitrogens with zero attached hydrogens (tertiary/aromatic N) is 2. The first kappa shape index (κ1) is 40.2. The summed E-state index contributed by atoms with van der Waals surface area (Å²) in [5.41, 5.74) is 21.2. The molecule has 2 radical (unpaired) electrons. The van der Waals surface area contributed by atoms with Gasteiger partial charge in [-0.25, -0.2) is 9.97 Å². The zero-order chi connectivity index (χ0) is 36.2. The number of halogens is 1. The van der Waals surface area contributed by atoms with E-state index in [1.807, 2.05) is 15.4 Å². The fourth-order valence-corrected chi connectivity index (χ4v) is 8.17. The minimum absolute atomic E-state index is 1.05. The second-order valence-electron chi connectivity index (χ2n) is 14.1. The number of hydrogen-bond donors (Lipinski definition) is 2. The van der Waals surface area contributed by atoms with Gasteiger partial charge in [-0.15, -0.1) is 0 Å². The number of H-pyrrole nitrogens is 2. The Morgan fingerprint density at radius 3 is 0.880 bits per heavy atom. The SMILES string of the molecule is CCCC1=C(CCC)c2cc3[nH]c(cc4[nH]c(cc5nc(cc1n2)C(CCC)=C5CCC)c(CCC)c4CCC)c(CCC)c3CCC.[Al][Cl]. The fraction of sp³-hybridized carbons (Fsp3) is 0.545. The van der Waals surface area contributed by atoms with Crippen molar-refractivity contribution in [2.45, 2.75) is 158 Å². The molecule has 0 fully saturated rings. The van der Waals surface area contributed by atoms with Gasteiger partial charge in [-0.3, -0.25) is 10.0 Å². The molecule has 50 heavy (non-hydrogen) atoms. The third kappa shape index (κ3) is 8.71. The third-order valence-corrected chi connectivity index (χ3v) is 10.1. The van der Waals surface area contributed by atoms with Crippen molar-refractivity contribution in [2.75, 3.05) is 0 Å². The molecule has 0 saturated carbocycles. The van der Waals surface area contributed by atoms with Gasteiger partial charge in [0.05, 0.1) is 22.8 Å². The molecule has 3 aromatic heterocycles. The lowest BCUT2D eigenvalue weighted by atomic mass is 9.94. The first-order chi connectivity index (χ1) is 24.5. The van der Waals surface area contributed by atoms with Crippen molar-refractivity contribution in [1.29, 1.82) is 0 Å². The van der Waals surface area contributed by atoms with E-state index in [-0.39, 0.29) is 0 Å². The summed E-state index contributed by atoms with van der Waals surface area (Å²) in [7, 11) is 4.56. The Kier molecular flexibility index (Phi) is 16.0. The Balaban J connectivity index is 0.00000276. The standard InChI is InChI=1S/C44H62N4.Al.ClH/c1-9-17-29-30(18-10-2)38-26-40-33(21-13-5)34(22-14-6)42(47-40)28-44-36(24-16-8)35(23-15-7)43(48-44)27-41-32(20-12-4)31(19-11-3)39(46-41)25-37(29)45-38;;/h25-28,45-46H,9-24H2,1-8H3;;1H/q;+1;/p-1. The highest BCUT2D eigenvalue weighted by molar-refractivity contribution is 6.80. The molecule has 2 aliphatic heterocycles. The minimum atomic E-state index is 1.05. The van der Waals surface area contributed by atoms with Gasteiger partial charge in [-0.1, -0.05) is 107 Å². The Hall–Kier alpha value is -2.58. The number of aromatic nitrogens is 4. The van der Waals surface area contributed by atoms with E-state index in [4.69, 9.17) is 9.97 Å². The molecular formula is C44H62AlClN4. The van der Waals surface area contributed by atoms with Crippen LogP contribution >= 0.6 is 10.0 Å². The van der Waals surface area contributed by atoms with Gasteiger partial charge in [-0.2, -0.15) is 0 Å². The van der Waals surface area contributed by atoms with E-state index in [2.05, 4.69) is 99.7 Å². The van der Waals surface area contributed by atoms with E-state index in [0.29, 0.717) is 0 Å². The normalized spacial score (nSPS) is 12.9. The summed E-state index contributed by atoms with van der Waals surface area (Å²) in [5, 5.41) is 0. The van der Waals surface area contributed by atoms with E-state index in [0.717, 1.165) is 126 Å². The molecule has 2 aliphatic rings. The summed E-state index contributed by atoms with van der Waals surface area (Å²) in [6.07, 6.45) is 17.4. The summed E-state index contributed by atoms with van der Waals surface area (Å²) >= 11 is 1.89. The molecule has 268 valence electrons. The van der Waals surface area contributed by atoms with Crippen molar-refractivity contribution in [3.8, 4) is 0 Å². The van der Waals surface area contributed by atoms with Crippen molar-refractivity contribution < 1.29 is 0 Å². The molecular weight excluding hydrogens is 647 g/mol. The molecule has 6 heteroatoms. The lowest BCUT2D eigenvalue weighted by Crippen LogP contribution is -1.91. The lowest BCUT2D eigenvalue weighted by Gasteiger charge is -2.08. The molecule has 0 amide bonds. The van der Waals surface area contributed by atoms with E-state index < -0.39 is 0 Å². The topological polar surface area (TPSA) is 57.4 Å². The van der Waals surface area contributed by atoms with Crippen LogP contribution in [0.1, 0.15) is 177 Å². The van der Waals surface area contributed by atoms with Crippen LogP contribution in [0.4, 0.5) is 0 Å². The van der Waals surface area contributed by atoms with Gasteiger partial charge in [0.25, 0.3) is 15.4 Å². The average molecular weight is 709 g/mol. The van der Waals surface area contributed by atoms with Crippen LogP contribution in [-0.2, 0) is 25.7 Å². The van der Waals surface area contributed by atoms with E-state index >= 15 is 0 Å². The average Bonchev–Trinajstić information content (AvgIpc) is 3.80. The van der Waals surface area contributed by atoms with Gasteiger partial charge in [0.1, 0.15) is 0 Å². The van der Waals surface area contributed by atoms with Crippen LogP contribution in [0.25, 0.3) is 44.4 Å². The largest absolute Gasteiger partial charge is 0.355 e. The minimum Gasteiger partial charge on any atom is -0.355 e. The van der Waals surface area contributed by atoms with Crippen LogP contribution in [-0.4, -0.2) is 35.3 Å². The summed E-state index contributed by atoms with van der Waals surface area (Å²) in [4.78, 5) is 19.0. The second kappa shape index (κ2) is 19.9. The Morgan fingerprint density at radius 1 is 0.380 bits per heavy atom. The molecule has 3 aromatic rings. The Morgan fingerprint density at radius 2 is 0.620 bits per heavy atom. The molecule has 0 aromatic carbocycles. The molecule has 0 spiro atoms. The Labute approximate surface area is 315 Å². The molecule has 0 aliphatic carbocycles. The smallest absolute Gasteiger partial charge is 0.293 e. The van der Waals surface area contributed by atoms with E-state index in [1.165, 1.54) is 66.6 Å². The highest BCUT2D eigenvalue weighted by Gasteiger charge is 2.24. The number of fused-ring (bicyclic) bond motifs is 8. The quantitative estimate of drug-likeness (QED) is 0.146. The second-order valence-corrected chi connectivity index (χ2v) is 14.1. The summed E-state index contributed by atoms with van der Waals surface area (Å²) in [6, 6.07) is 9.60. The van der Waals surface area contributed by atoms with Crippen LogP contribution in [0, 0.1) is 0 Å². The van der Waals surface area contributed by atoms with Gasteiger partial charge in [-0.05, 0) is 120 Å². The highest BCUT2D eigenvalue weighted by Crippen LogP contribution is 2.41. The van der Waals surface area contributed by atoms with Gasteiger partial charge in [0.2, 0.25) is 0 Å². The van der Waals surface area contributed by atoms with Crippen molar-refractivity contribution in [2.24, 2.45) is 0 Å². The van der Waals surface area contributed by atoms with Gasteiger partial charge < -0.3 is 9.97 Å². The number of allylic oxidation sites excluding steroid dienone is 4. The third-order valence-electron chi connectivity index (χ3n) is 10.1. The van der Waals surface area contributed by atoms with Gasteiger partial charge in [0.15, 0.2) is 0 Å². The maximum absolute atomic E-state index is 5.49. The first-order valence-electron chi connectivity index (χ1n) is 19.9. The van der Waals surface area contributed by atoms with Crippen LogP contribution in [0.3, 0.4) is 0 Å². The first-order valence-corrected chi connectivity index (χ1v) is 21.7. The van der Waals surface area contributed by atoms with Crippen molar-refractivity contribution in [1.82, 2.24) is 19.9 Å². The van der Waals surface area contributed by atoms with Gasteiger partial charge >= 0.3 is 0 Å². The molecule has 0 saturated heterocycles. The van der Waals surface area contributed by atoms with Crippen LogP contribution in [0.5, 0.6) is 0 Å². The fourth-order valence-electron chi connectivity index (χ4n) is 8.17. The monoisotopic (exact) mass is 708 g/mol. The number of nitrogens with one attached hydrogen (secondary N) is 2. The molecule has 8 bridgehead atoms. The van der Waals surface area contributed by atoms with Gasteiger partial charge in [0, 0.05) is 22.1 Å². The van der Waals surface area contributed by atoms with Crippen molar-refractivity contribution >= 4 is 69.8 Å². The maximum atomic E-state index is 5.49. The van der Waals surface area contributed by atoms with E-state index in [9.17, 15) is 0 Å². The van der Waals surface area contributed by atoms with Crippen LogP contribution < -0.4 is 0 Å². The van der Waals surface area contributed by atoms with E-state index in [1.54, 1.807) is 0 Å². The van der Waals surface area contributed by atoms with Crippen LogP contribution in [0.15, 0.2) is 24.3 Å². The molecule has 5 rings (SSSR count). The zero-order valence-electron chi connectivity index (χ0n) is 32.5. The van der Waals surface area contributed by atoms with Crippen molar-refractivity contribution in [3.63, 3.8) is 0 Å². The van der Waals surface area contributed by atoms with Crippen molar-refractivity contribution in [3.05, 3.63) is 69.3 Å². The zero-order valence-corrected chi connectivity index (χ0v) is 34.4. The summed E-state index contributed by atoms with van der Waals surface area (Å²) in [5.74, 6) is 0. The van der Waals surface area contributed by atoms with Crippen LogP contribution in [0.2, 0.25) is 0 Å². The Bertz CT molecular complexity index is 1690. The molecule has 0 unspecified atom stereocenters. The number of rotatable bonds is 16. The summed E-state index contributed by atoms with van der Waals surface area (Å²) in [6.45, 7) is 18.5. The molecule has 5 heterocycles. The molecule has 0 atom stereocenters. The summed E-state index contributed by atoms with van der Waals surface area (Å²) < 4.78 is 0. The predicted octanol–water partition coefficient (Wildman–Crippen LogP) is 13.5. The predicted molar refractivity (Wildman–Crippen MR) is 222 cm³/mol. The molecule has 2 N–H and O–H groups in total. The lowest BCUT2D eigenvalue weighted by molar-refractivity contribution is 0.876. The molecule has 4 nitrogen and oxygen atoms in total. The maximum Gasteiger partial charge on any atom is 0.293 e. The number of aromatic amines is 2. The number of aryl methyl sites for hydroxylation is 4.